The van der Waals surface area contributed by atoms with E-state index in [4.69, 9.17) is 16.3 Å². The van der Waals surface area contributed by atoms with Crippen molar-refractivity contribution < 1.29 is 4.74 Å². The van der Waals surface area contributed by atoms with Gasteiger partial charge in [0.05, 0.1) is 4.90 Å². The molecule has 2 nitrogen and oxygen atoms in total. The van der Waals surface area contributed by atoms with Crippen LogP contribution >= 0.6 is 23.4 Å². The van der Waals surface area contributed by atoms with Gasteiger partial charge in [-0.05, 0) is 35.9 Å². The van der Waals surface area contributed by atoms with Gasteiger partial charge in [-0.1, -0.05) is 71.9 Å². The summed E-state index contributed by atoms with van der Waals surface area (Å²) >= 11 is 7.89. The second-order valence-corrected chi connectivity index (χ2v) is 7.18. The smallest absolute Gasteiger partial charge is 0.206 e. The fourth-order valence-electron chi connectivity index (χ4n) is 2.65. The lowest BCUT2D eigenvalue weighted by Crippen LogP contribution is -1.96. The topological polar surface area (TPSA) is 25.0 Å². The maximum absolute atomic E-state index is 6.21. The summed E-state index contributed by atoms with van der Waals surface area (Å²) in [6.45, 7) is 0.518. The highest BCUT2D eigenvalue weighted by atomic mass is 35.5. The minimum Gasteiger partial charge on any atom is -0.473 e. The Morgan fingerprint density at radius 2 is 1.60 bits per heavy atom. The van der Waals surface area contributed by atoms with Crippen LogP contribution in [-0.2, 0) is 6.61 Å². The molecule has 0 aliphatic heterocycles. The van der Waals surface area contributed by atoms with E-state index in [-0.39, 0.29) is 0 Å². The Kier molecular flexibility index (Phi) is 4.68. The molecule has 0 fully saturated rings. The first-order chi connectivity index (χ1) is 12.3. The predicted molar refractivity (Wildman–Crippen MR) is 105 cm³/mol. The summed E-state index contributed by atoms with van der Waals surface area (Å²) < 4.78 is 6.10. The maximum atomic E-state index is 6.21. The van der Waals surface area contributed by atoms with E-state index in [2.05, 4.69) is 29.2 Å². The number of rotatable bonds is 5. The summed E-state index contributed by atoms with van der Waals surface area (Å²) in [7, 11) is 0. The van der Waals surface area contributed by atoms with E-state index in [9.17, 15) is 0 Å². The third-order valence-electron chi connectivity index (χ3n) is 3.87. The highest BCUT2D eigenvalue weighted by Crippen LogP contribution is 2.41. The summed E-state index contributed by atoms with van der Waals surface area (Å²) in [6, 6.07) is 26.3. The quantitative estimate of drug-likeness (QED) is 0.433. The Labute approximate surface area is 155 Å². The van der Waals surface area contributed by atoms with Gasteiger partial charge in [0.15, 0.2) is 0 Å². The second kappa shape index (κ2) is 7.26. The van der Waals surface area contributed by atoms with E-state index in [1.54, 1.807) is 11.8 Å². The SMILES string of the molecule is Clc1ccc2[nH]c(OCc3ccccc3)c(Sc3ccccc3)c2c1. The molecular formula is C21H16ClNOS. The molecule has 4 heteroatoms. The number of H-pyrrole nitrogens is 1. The van der Waals surface area contributed by atoms with Crippen molar-refractivity contribution in [3.8, 4) is 5.88 Å². The molecule has 25 heavy (non-hydrogen) atoms. The average Bonchev–Trinajstić information content (AvgIpc) is 2.99. The van der Waals surface area contributed by atoms with E-state index >= 15 is 0 Å². The van der Waals surface area contributed by atoms with Crippen LogP contribution in [0.4, 0.5) is 0 Å². The number of hydrogen-bond acceptors (Lipinski definition) is 2. The molecule has 1 N–H and O–H groups in total. The number of aromatic nitrogens is 1. The summed E-state index contributed by atoms with van der Waals surface area (Å²) in [5, 5.41) is 1.79. The molecule has 4 rings (SSSR count). The van der Waals surface area contributed by atoms with E-state index in [1.807, 2.05) is 54.6 Å². The summed E-state index contributed by atoms with van der Waals surface area (Å²) in [4.78, 5) is 5.60. The van der Waals surface area contributed by atoms with Gasteiger partial charge in [-0.3, -0.25) is 0 Å². The summed E-state index contributed by atoms with van der Waals surface area (Å²) in [5.41, 5.74) is 2.15. The highest BCUT2D eigenvalue weighted by Gasteiger charge is 2.15. The number of ether oxygens (including phenoxy) is 1. The van der Waals surface area contributed by atoms with Crippen LogP contribution in [0, 0.1) is 0 Å². The minimum atomic E-state index is 0.518. The maximum Gasteiger partial charge on any atom is 0.206 e. The van der Waals surface area contributed by atoms with Crippen molar-refractivity contribution in [2.75, 3.05) is 0 Å². The van der Waals surface area contributed by atoms with Gasteiger partial charge < -0.3 is 9.72 Å². The number of halogens is 1. The molecule has 4 aromatic rings. The molecule has 0 aliphatic carbocycles. The molecule has 0 atom stereocenters. The van der Waals surface area contributed by atoms with Gasteiger partial charge in [0.2, 0.25) is 5.88 Å². The van der Waals surface area contributed by atoms with Gasteiger partial charge in [0, 0.05) is 20.8 Å². The van der Waals surface area contributed by atoms with Gasteiger partial charge in [-0.25, -0.2) is 0 Å². The molecule has 0 unspecified atom stereocenters. The van der Waals surface area contributed by atoms with Gasteiger partial charge in [-0.15, -0.1) is 0 Å². The van der Waals surface area contributed by atoms with Crippen LogP contribution in [0.2, 0.25) is 5.02 Å². The standard InChI is InChI=1S/C21H16ClNOS/c22-16-11-12-19-18(13-16)20(25-17-9-5-2-6-10-17)21(23-19)24-14-15-7-3-1-4-8-15/h1-13,23H,14H2. The van der Waals surface area contributed by atoms with Crippen LogP contribution in [-0.4, -0.2) is 4.98 Å². The molecule has 0 saturated heterocycles. The molecule has 124 valence electrons. The number of fused-ring (bicyclic) bond motifs is 1. The molecule has 0 saturated carbocycles. The van der Waals surface area contributed by atoms with Gasteiger partial charge >= 0.3 is 0 Å². The van der Waals surface area contributed by atoms with Crippen molar-refractivity contribution in [3.63, 3.8) is 0 Å². The monoisotopic (exact) mass is 365 g/mol. The second-order valence-electron chi connectivity index (χ2n) is 5.66. The number of nitrogens with one attached hydrogen (secondary N) is 1. The van der Waals surface area contributed by atoms with E-state index < -0.39 is 0 Å². The third-order valence-corrected chi connectivity index (χ3v) is 5.22. The Bertz CT molecular complexity index is 983. The number of benzene rings is 3. The first-order valence-electron chi connectivity index (χ1n) is 8.00. The normalized spacial score (nSPS) is 10.9. The highest BCUT2D eigenvalue weighted by molar-refractivity contribution is 7.99. The molecule has 1 aromatic heterocycles. The van der Waals surface area contributed by atoms with E-state index in [0.29, 0.717) is 6.61 Å². The Hall–Kier alpha value is -2.36. The van der Waals surface area contributed by atoms with Crippen LogP contribution in [0.3, 0.4) is 0 Å². The molecule has 0 bridgehead atoms. The Balaban J connectivity index is 1.70. The zero-order valence-corrected chi connectivity index (χ0v) is 15.0. The average molecular weight is 366 g/mol. The molecule has 0 radical (unpaired) electrons. The van der Waals surface area contributed by atoms with Crippen LogP contribution < -0.4 is 4.74 Å². The van der Waals surface area contributed by atoms with Crippen molar-refractivity contribution in [3.05, 3.63) is 89.4 Å². The lowest BCUT2D eigenvalue weighted by atomic mass is 10.2. The number of hydrogen-bond donors (Lipinski definition) is 1. The van der Waals surface area contributed by atoms with Gasteiger partial charge in [0.25, 0.3) is 0 Å². The van der Waals surface area contributed by atoms with Crippen molar-refractivity contribution in [2.24, 2.45) is 0 Å². The zero-order valence-electron chi connectivity index (χ0n) is 13.4. The largest absolute Gasteiger partial charge is 0.473 e. The van der Waals surface area contributed by atoms with Gasteiger partial charge in [0.1, 0.15) is 6.61 Å². The van der Waals surface area contributed by atoms with Crippen molar-refractivity contribution >= 4 is 34.3 Å². The summed E-state index contributed by atoms with van der Waals surface area (Å²) in [6.07, 6.45) is 0. The first kappa shape index (κ1) is 16.1. The lowest BCUT2D eigenvalue weighted by molar-refractivity contribution is 0.289. The lowest BCUT2D eigenvalue weighted by Gasteiger charge is -2.07. The van der Waals surface area contributed by atoms with Gasteiger partial charge in [-0.2, -0.15) is 0 Å². The Morgan fingerprint density at radius 3 is 2.36 bits per heavy atom. The zero-order chi connectivity index (χ0) is 17.1. The molecule has 1 heterocycles. The molecule has 3 aromatic carbocycles. The molecular weight excluding hydrogens is 350 g/mol. The summed E-state index contributed by atoms with van der Waals surface area (Å²) in [5.74, 6) is 0.773. The predicted octanol–water partition coefficient (Wildman–Crippen LogP) is 6.55. The molecule has 0 spiro atoms. The fourth-order valence-corrected chi connectivity index (χ4v) is 3.84. The van der Waals surface area contributed by atoms with Crippen LogP contribution in [0.5, 0.6) is 5.88 Å². The molecule has 0 aliphatic rings. The minimum absolute atomic E-state index is 0.518. The Morgan fingerprint density at radius 1 is 0.880 bits per heavy atom. The number of aromatic amines is 1. The third kappa shape index (κ3) is 3.68. The van der Waals surface area contributed by atoms with E-state index in [0.717, 1.165) is 37.2 Å². The van der Waals surface area contributed by atoms with Crippen LogP contribution in [0.25, 0.3) is 10.9 Å². The van der Waals surface area contributed by atoms with Crippen LogP contribution in [0.1, 0.15) is 5.56 Å². The van der Waals surface area contributed by atoms with Crippen molar-refractivity contribution in [2.45, 2.75) is 16.4 Å². The van der Waals surface area contributed by atoms with Crippen molar-refractivity contribution in [1.82, 2.24) is 4.98 Å². The van der Waals surface area contributed by atoms with Crippen molar-refractivity contribution in [1.29, 1.82) is 0 Å². The van der Waals surface area contributed by atoms with Crippen LogP contribution in [0.15, 0.2) is 88.7 Å². The molecule has 0 amide bonds. The van der Waals surface area contributed by atoms with E-state index in [1.165, 1.54) is 0 Å². The first-order valence-corrected chi connectivity index (χ1v) is 9.20. The fraction of sp³-hybridized carbons (Fsp3) is 0.0476.